The highest BCUT2D eigenvalue weighted by Gasteiger charge is 1.99. The van der Waals surface area contributed by atoms with Crippen molar-refractivity contribution in [2.24, 2.45) is 0 Å². The SMILES string of the molecule is COc1ccc(/C=C/c2ccc(OC)c(C)c2)cc1C. The van der Waals surface area contributed by atoms with Crippen LogP contribution in [-0.4, -0.2) is 14.2 Å². The highest BCUT2D eigenvalue weighted by molar-refractivity contribution is 5.71. The lowest BCUT2D eigenvalue weighted by atomic mass is 10.1. The maximum Gasteiger partial charge on any atom is 0.121 e. The van der Waals surface area contributed by atoms with Gasteiger partial charge in [-0.3, -0.25) is 0 Å². The molecule has 0 atom stereocenters. The maximum absolute atomic E-state index is 5.27. The van der Waals surface area contributed by atoms with Crippen molar-refractivity contribution in [1.29, 1.82) is 0 Å². The van der Waals surface area contributed by atoms with Crippen LogP contribution in [-0.2, 0) is 0 Å². The number of aryl methyl sites for hydroxylation is 2. The summed E-state index contributed by atoms with van der Waals surface area (Å²) in [6.45, 7) is 4.10. The van der Waals surface area contributed by atoms with Crippen molar-refractivity contribution >= 4 is 12.2 Å². The Morgan fingerprint density at radius 1 is 0.700 bits per heavy atom. The van der Waals surface area contributed by atoms with E-state index < -0.39 is 0 Å². The summed E-state index contributed by atoms with van der Waals surface area (Å²) >= 11 is 0. The molecule has 2 heteroatoms. The molecule has 2 nitrogen and oxygen atoms in total. The van der Waals surface area contributed by atoms with Crippen LogP contribution in [0.25, 0.3) is 12.2 Å². The van der Waals surface area contributed by atoms with Gasteiger partial charge >= 0.3 is 0 Å². The van der Waals surface area contributed by atoms with Crippen molar-refractivity contribution in [2.45, 2.75) is 13.8 Å². The number of hydrogen-bond acceptors (Lipinski definition) is 2. The van der Waals surface area contributed by atoms with Gasteiger partial charge in [-0.05, 0) is 60.4 Å². The Morgan fingerprint density at radius 3 is 1.40 bits per heavy atom. The van der Waals surface area contributed by atoms with Crippen LogP contribution in [0.4, 0.5) is 0 Å². The molecule has 0 saturated heterocycles. The first-order valence-corrected chi connectivity index (χ1v) is 6.61. The van der Waals surface area contributed by atoms with Gasteiger partial charge in [0.2, 0.25) is 0 Å². The van der Waals surface area contributed by atoms with Gasteiger partial charge < -0.3 is 9.47 Å². The second kappa shape index (κ2) is 6.29. The van der Waals surface area contributed by atoms with E-state index in [0.717, 1.165) is 33.8 Å². The molecule has 2 aromatic rings. The molecule has 2 rings (SSSR count). The zero-order valence-electron chi connectivity index (χ0n) is 12.4. The second-order valence-electron chi connectivity index (χ2n) is 4.79. The molecule has 0 N–H and O–H groups in total. The number of hydrogen-bond donors (Lipinski definition) is 0. The van der Waals surface area contributed by atoms with E-state index >= 15 is 0 Å². The van der Waals surface area contributed by atoms with E-state index in [1.54, 1.807) is 14.2 Å². The van der Waals surface area contributed by atoms with Crippen LogP contribution < -0.4 is 9.47 Å². The van der Waals surface area contributed by atoms with E-state index in [4.69, 9.17) is 9.47 Å². The summed E-state index contributed by atoms with van der Waals surface area (Å²) in [5, 5.41) is 0. The van der Waals surface area contributed by atoms with Crippen LogP contribution in [0.3, 0.4) is 0 Å². The highest BCUT2D eigenvalue weighted by atomic mass is 16.5. The van der Waals surface area contributed by atoms with Crippen LogP contribution in [0.15, 0.2) is 36.4 Å². The summed E-state index contributed by atoms with van der Waals surface area (Å²) in [6, 6.07) is 12.3. The van der Waals surface area contributed by atoms with E-state index in [-0.39, 0.29) is 0 Å². The van der Waals surface area contributed by atoms with Gasteiger partial charge in [-0.25, -0.2) is 0 Å². The molecule has 0 amide bonds. The van der Waals surface area contributed by atoms with Crippen LogP contribution >= 0.6 is 0 Å². The predicted octanol–water partition coefficient (Wildman–Crippen LogP) is 4.49. The van der Waals surface area contributed by atoms with Crippen molar-refractivity contribution in [2.75, 3.05) is 14.2 Å². The topological polar surface area (TPSA) is 18.5 Å². The zero-order valence-corrected chi connectivity index (χ0v) is 12.4. The molecule has 104 valence electrons. The zero-order chi connectivity index (χ0) is 14.5. The minimum atomic E-state index is 0.919. The van der Waals surface area contributed by atoms with E-state index in [2.05, 4.69) is 36.4 Å². The molecule has 0 bridgehead atoms. The third-order valence-electron chi connectivity index (χ3n) is 3.31. The van der Waals surface area contributed by atoms with Crippen molar-refractivity contribution in [3.05, 3.63) is 58.7 Å². The van der Waals surface area contributed by atoms with Crippen molar-refractivity contribution in [1.82, 2.24) is 0 Å². The fourth-order valence-corrected chi connectivity index (χ4v) is 2.20. The Balaban J connectivity index is 2.20. The van der Waals surface area contributed by atoms with E-state index in [0.29, 0.717) is 0 Å². The highest BCUT2D eigenvalue weighted by Crippen LogP contribution is 2.22. The maximum atomic E-state index is 5.27. The molecule has 0 spiro atoms. The van der Waals surface area contributed by atoms with Gasteiger partial charge in [0, 0.05) is 0 Å². The predicted molar refractivity (Wildman–Crippen MR) is 84.4 cm³/mol. The normalized spacial score (nSPS) is 10.8. The Hall–Kier alpha value is -2.22. The Kier molecular flexibility index (Phi) is 4.46. The van der Waals surface area contributed by atoms with Gasteiger partial charge in [0.15, 0.2) is 0 Å². The molecular formula is C18H20O2. The van der Waals surface area contributed by atoms with Gasteiger partial charge in [0.05, 0.1) is 14.2 Å². The second-order valence-corrected chi connectivity index (χ2v) is 4.79. The molecule has 0 fully saturated rings. The van der Waals surface area contributed by atoms with Crippen LogP contribution in [0, 0.1) is 13.8 Å². The van der Waals surface area contributed by atoms with E-state index in [1.165, 1.54) is 0 Å². The lowest BCUT2D eigenvalue weighted by Gasteiger charge is -2.06. The van der Waals surface area contributed by atoms with Crippen molar-refractivity contribution in [3.63, 3.8) is 0 Å². The van der Waals surface area contributed by atoms with Crippen LogP contribution in [0.1, 0.15) is 22.3 Å². The van der Waals surface area contributed by atoms with Crippen LogP contribution in [0.5, 0.6) is 11.5 Å². The average Bonchev–Trinajstić information content (AvgIpc) is 2.45. The van der Waals surface area contributed by atoms with Crippen molar-refractivity contribution in [3.8, 4) is 11.5 Å². The quantitative estimate of drug-likeness (QED) is 0.761. The summed E-state index contributed by atoms with van der Waals surface area (Å²) < 4.78 is 10.5. The molecule has 0 unspecified atom stereocenters. The number of benzene rings is 2. The summed E-state index contributed by atoms with van der Waals surface area (Å²) in [4.78, 5) is 0. The third-order valence-corrected chi connectivity index (χ3v) is 3.31. The van der Waals surface area contributed by atoms with Gasteiger partial charge in [0.1, 0.15) is 11.5 Å². The number of ether oxygens (including phenoxy) is 2. The van der Waals surface area contributed by atoms with Gasteiger partial charge in [-0.2, -0.15) is 0 Å². The molecule has 0 aromatic heterocycles. The monoisotopic (exact) mass is 268 g/mol. The number of rotatable bonds is 4. The summed E-state index contributed by atoms with van der Waals surface area (Å²) in [5.41, 5.74) is 4.61. The molecule has 0 radical (unpaired) electrons. The van der Waals surface area contributed by atoms with Gasteiger partial charge in [-0.1, -0.05) is 24.3 Å². The minimum Gasteiger partial charge on any atom is -0.496 e. The number of methoxy groups -OCH3 is 2. The molecule has 0 aliphatic rings. The fraction of sp³-hybridized carbons (Fsp3) is 0.222. The summed E-state index contributed by atoms with van der Waals surface area (Å²) in [6.07, 6.45) is 4.21. The smallest absolute Gasteiger partial charge is 0.121 e. The van der Waals surface area contributed by atoms with Gasteiger partial charge in [-0.15, -0.1) is 0 Å². The lowest BCUT2D eigenvalue weighted by molar-refractivity contribution is 0.411. The lowest BCUT2D eigenvalue weighted by Crippen LogP contribution is -1.87. The molecule has 20 heavy (non-hydrogen) atoms. The van der Waals surface area contributed by atoms with Gasteiger partial charge in [0.25, 0.3) is 0 Å². The summed E-state index contributed by atoms with van der Waals surface area (Å²) in [7, 11) is 3.38. The van der Waals surface area contributed by atoms with Crippen molar-refractivity contribution < 1.29 is 9.47 Å². The largest absolute Gasteiger partial charge is 0.496 e. The molecule has 0 saturated carbocycles. The minimum absolute atomic E-state index is 0.919. The summed E-state index contributed by atoms with van der Waals surface area (Å²) in [5.74, 6) is 1.84. The van der Waals surface area contributed by atoms with E-state index in [9.17, 15) is 0 Å². The molecule has 0 aliphatic carbocycles. The standard InChI is InChI=1S/C18H20O2/c1-13-11-15(7-9-17(13)19-3)5-6-16-8-10-18(20-4)14(2)12-16/h5-12H,1-4H3/b6-5+. The Bertz CT molecular complexity index is 572. The van der Waals surface area contributed by atoms with Crippen LogP contribution in [0.2, 0.25) is 0 Å². The third kappa shape index (κ3) is 3.21. The molecule has 2 aromatic carbocycles. The first-order valence-electron chi connectivity index (χ1n) is 6.61. The molecule has 0 aliphatic heterocycles. The first-order chi connectivity index (χ1) is 9.63. The van der Waals surface area contributed by atoms with E-state index in [1.807, 2.05) is 26.0 Å². The molecule has 0 heterocycles. The Morgan fingerprint density at radius 2 is 1.10 bits per heavy atom. The Labute approximate surface area is 120 Å². The first kappa shape index (κ1) is 14.2. The fourth-order valence-electron chi connectivity index (χ4n) is 2.20. The molecular weight excluding hydrogens is 248 g/mol. The average molecular weight is 268 g/mol.